The van der Waals surface area contributed by atoms with Crippen LogP contribution in [0.15, 0.2) is 10.9 Å². The lowest BCUT2D eigenvalue weighted by Crippen LogP contribution is -2.14. The van der Waals surface area contributed by atoms with Crippen LogP contribution in [0, 0.1) is 0 Å². The Labute approximate surface area is 78.1 Å². The third-order valence-electron chi connectivity index (χ3n) is 1.72. The topological polar surface area (TPSA) is 62.3 Å². The summed E-state index contributed by atoms with van der Waals surface area (Å²) in [5.41, 5.74) is -1.78. The Bertz CT molecular complexity index is 375. The predicted octanol–water partition coefficient (Wildman–Crippen LogP) is 0.813. The number of aliphatic hydroxyl groups is 1. The zero-order chi connectivity index (χ0) is 10.7. The number of alkyl halides is 2. The molecular formula is C8H9F2NO3. The van der Waals surface area contributed by atoms with Gasteiger partial charge in [0.1, 0.15) is 0 Å². The normalized spacial score (nSPS) is 10.6. The van der Waals surface area contributed by atoms with Gasteiger partial charge in [-0.25, -0.2) is 8.78 Å². The summed E-state index contributed by atoms with van der Waals surface area (Å²) in [5.74, 6) is 0.0449. The van der Waals surface area contributed by atoms with Crippen molar-refractivity contribution in [3.05, 3.63) is 27.5 Å². The summed E-state index contributed by atoms with van der Waals surface area (Å²) >= 11 is 0. The first-order valence-electron chi connectivity index (χ1n) is 3.79. The quantitative estimate of drug-likeness (QED) is 0.767. The Morgan fingerprint density at radius 1 is 1.64 bits per heavy atom. The largest absolute Gasteiger partial charge is 0.482 e. The number of methoxy groups -OCH3 is 1. The van der Waals surface area contributed by atoms with Gasteiger partial charge < -0.3 is 14.8 Å². The molecule has 0 spiro atoms. The number of aromatic amines is 1. The molecule has 1 rings (SSSR count). The molecule has 1 aromatic rings. The maximum atomic E-state index is 12.3. The molecule has 0 saturated heterocycles. The Balaban J connectivity index is 3.35. The highest BCUT2D eigenvalue weighted by Gasteiger charge is 2.18. The van der Waals surface area contributed by atoms with Crippen LogP contribution in [0.2, 0.25) is 0 Å². The molecule has 4 nitrogen and oxygen atoms in total. The number of H-pyrrole nitrogens is 1. The van der Waals surface area contributed by atoms with E-state index in [0.29, 0.717) is 0 Å². The molecule has 1 aromatic heterocycles. The number of rotatable bonds is 3. The monoisotopic (exact) mass is 205 g/mol. The molecule has 14 heavy (non-hydrogen) atoms. The van der Waals surface area contributed by atoms with E-state index in [1.165, 1.54) is 7.11 Å². The molecule has 0 aliphatic heterocycles. The summed E-state index contributed by atoms with van der Waals surface area (Å²) in [6, 6.07) is 0.917. The van der Waals surface area contributed by atoms with Crippen LogP contribution < -0.4 is 10.2 Å². The van der Waals surface area contributed by atoms with Crippen molar-refractivity contribution in [3.8, 4) is 5.88 Å². The van der Waals surface area contributed by atoms with E-state index in [9.17, 15) is 13.6 Å². The average molecular weight is 205 g/mol. The van der Waals surface area contributed by atoms with Gasteiger partial charge in [-0.2, -0.15) is 0 Å². The number of aromatic nitrogens is 1. The second-order valence-corrected chi connectivity index (χ2v) is 2.55. The molecule has 2 N–H and O–H groups in total. The molecule has 0 saturated carbocycles. The summed E-state index contributed by atoms with van der Waals surface area (Å²) < 4.78 is 29.3. The minimum Gasteiger partial charge on any atom is -0.482 e. The van der Waals surface area contributed by atoms with Gasteiger partial charge in [0.05, 0.1) is 25.0 Å². The minimum absolute atomic E-state index is 0.0449. The van der Waals surface area contributed by atoms with Crippen molar-refractivity contribution in [1.29, 1.82) is 0 Å². The first-order chi connectivity index (χ1) is 6.60. The van der Waals surface area contributed by atoms with E-state index in [4.69, 9.17) is 5.11 Å². The molecular weight excluding hydrogens is 196 g/mol. The second-order valence-electron chi connectivity index (χ2n) is 2.55. The molecule has 0 unspecified atom stereocenters. The Morgan fingerprint density at radius 3 is 2.71 bits per heavy atom. The van der Waals surface area contributed by atoms with Gasteiger partial charge in [-0.15, -0.1) is 0 Å². The lowest BCUT2D eigenvalue weighted by atomic mass is 10.2. The van der Waals surface area contributed by atoms with Crippen LogP contribution in [0.4, 0.5) is 8.78 Å². The van der Waals surface area contributed by atoms with Crippen molar-refractivity contribution < 1.29 is 18.6 Å². The fourth-order valence-electron chi connectivity index (χ4n) is 1.07. The highest BCUT2D eigenvalue weighted by Crippen LogP contribution is 2.19. The average Bonchev–Trinajstić information content (AvgIpc) is 2.15. The van der Waals surface area contributed by atoms with Crippen LogP contribution >= 0.6 is 0 Å². The van der Waals surface area contributed by atoms with Crippen LogP contribution in [-0.4, -0.2) is 17.2 Å². The maximum Gasteiger partial charge on any atom is 0.269 e. The van der Waals surface area contributed by atoms with E-state index in [0.717, 1.165) is 6.07 Å². The summed E-state index contributed by atoms with van der Waals surface area (Å²) in [6.45, 7) is -0.661. The standard InChI is InChI=1S/C8H9F2NO3/c1-14-6-2-5(13)7(8(9)10)4(3-12)11-6/h2,8,12H,3H2,1H3,(H,11,13). The third-order valence-corrected chi connectivity index (χ3v) is 1.72. The van der Waals surface area contributed by atoms with Gasteiger partial charge >= 0.3 is 0 Å². The van der Waals surface area contributed by atoms with Crippen molar-refractivity contribution in [2.24, 2.45) is 0 Å². The van der Waals surface area contributed by atoms with Crippen molar-refractivity contribution in [1.82, 2.24) is 4.98 Å². The molecule has 78 valence electrons. The van der Waals surface area contributed by atoms with Gasteiger partial charge in [0.2, 0.25) is 0 Å². The first kappa shape index (κ1) is 10.6. The van der Waals surface area contributed by atoms with Gasteiger partial charge in [0, 0.05) is 6.07 Å². The number of ether oxygens (including phenoxy) is 1. The van der Waals surface area contributed by atoms with Gasteiger partial charge in [0.15, 0.2) is 11.3 Å². The van der Waals surface area contributed by atoms with Crippen LogP contribution in [-0.2, 0) is 6.61 Å². The SMILES string of the molecule is COc1cc(=O)c(C(F)F)c(CO)[nH]1. The fourth-order valence-corrected chi connectivity index (χ4v) is 1.07. The molecule has 0 atom stereocenters. The molecule has 0 aromatic carbocycles. The molecule has 0 amide bonds. The maximum absolute atomic E-state index is 12.3. The van der Waals surface area contributed by atoms with E-state index in [1.807, 2.05) is 0 Å². The predicted molar refractivity (Wildman–Crippen MR) is 44.5 cm³/mol. The van der Waals surface area contributed by atoms with Crippen molar-refractivity contribution in [2.75, 3.05) is 7.11 Å². The number of nitrogens with one attached hydrogen (secondary N) is 1. The molecule has 0 fully saturated rings. The van der Waals surface area contributed by atoms with E-state index >= 15 is 0 Å². The Kier molecular flexibility index (Phi) is 3.19. The lowest BCUT2D eigenvalue weighted by molar-refractivity contribution is 0.144. The highest BCUT2D eigenvalue weighted by atomic mass is 19.3. The van der Waals surface area contributed by atoms with Gasteiger partial charge in [-0.1, -0.05) is 0 Å². The van der Waals surface area contributed by atoms with Crippen LogP contribution in [0.3, 0.4) is 0 Å². The van der Waals surface area contributed by atoms with E-state index in [-0.39, 0.29) is 11.6 Å². The fraction of sp³-hybridized carbons (Fsp3) is 0.375. The summed E-state index contributed by atoms with van der Waals surface area (Å²) in [6.07, 6.45) is -2.91. The van der Waals surface area contributed by atoms with Gasteiger partial charge in [-0.3, -0.25) is 4.79 Å². The second kappa shape index (κ2) is 4.19. The number of hydrogen-bond acceptors (Lipinski definition) is 3. The van der Waals surface area contributed by atoms with Crippen LogP contribution in [0.1, 0.15) is 17.7 Å². The molecule has 0 radical (unpaired) electrons. The zero-order valence-electron chi connectivity index (χ0n) is 7.38. The van der Waals surface area contributed by atoms with Crippen LogP contribution in [0.5, 0.6) is 5.88 Å². The van der Waals surface area contributed by atoms with E-state index < -0.39 is 24.0 Å². The van der Waals surface area contributed by atoms with E-state index in [1.54, 1.807) is 0 Å². The molecule has 0 bridgehead atoms. The summed E-state index contributed by atoms with van der Waals surface area (Å²) in [7, 11) is 1.29. The molecule has 0 aliphatic carbocycles. The van der Waals surface area contributed by atoms with Crippen molar-refractivity contribution in [2.45, 2.75) is 13.0 Å². The number of pyridine rings is 1. The third kappa shape index (κ3) is 1.90. The zero-order valence-corrected chi connectivity index (χ0v) is 7.38. The molecule has 0 aliphatic rings. The first-order valence-corrected chi connectivity index (χ1v) is 3.79. The number of hydrogen-bond donors (Lipinski definition) is 2. The minimum atomic E-state index is -2.91. The lowest BCUT2D eigenvalue weighted by Gasteiger charge is -2.07. The Hall–Kier alpha value is -1.43. The molecule has 6 heteroatoms. The van der Waals surface area contributed by atoms with Crippen molar-refractivity contribution in [3.63, 3.8) is 0 Å². The van der Waals surface area contributed by atoms with Gasteiger partial charge in [0.25, 0.3) is 6.43 Å². The van der Waals surface area contributed by atoms with E-state index in [2.05, 4.69) is 9.72 Å². The number of halogens is 2. The molecule has 1 heterocycles. The summed E-state index contributed by atoms with van der Waals surface area (Å²) in [4.78, 5) is 13.5. The number of aliphatic hydroxyl groups excluding tert-OH is 1. The smallest absolute Gasteiger partial charge is 0.269 e. The summed E-state index contributed by atoms with van der Waals surface area (Å²) in [5, 5.41) is 8.75. The van der Waals surface area contributed by atoms with Crippen molar-refractivity contribution >= 4 is 0 Å². The highest BCUT2D eigenvalue weighted by molar-refractivity contribution is 5.26. The van der Waals surface area contributed by atoms with Crippen LogP contribution in [0.25, 0.3) is 0 Å². The Morgan fingerprint density at radius 2 is 2.29 bits per heavy atom. The van der Waals surface area contributed by atoms with Gasteiger partial charge in [-0.05, 0) is 0 Å².